The number of carbonyl (C=O) groups excluding carboxylic acids is 1. The third kappa shape index (κ3) is 2.73. The fourth-order valence-corrected chi connectivity index (χ4v) is 3.38. The van der Waals surface area contributed by atoms with E-state index in [-0.39, 0.29) is 17.2 Å². The first kappa shape index (κ1) is 14.3. The van der Waals surface area contributed by atoms with E-state index in [1.165, 1.54) is 5.57 Å². The number of anilines is 1. The number of aromatic nitrogens is 1. The van der Waals surface area contributed by atoms with E-state index in [1.54, 1.807) is 11.3 Å². The van der Waals surface area contributed by atoms with Crippen molar-refractivity contribution in [3.8, 4) is 0 Å². The van der Waals surface area contributed by atoms with E-state index in [0.29, 0.717) is 5.92 Å². The molecule has 0 aliphatic heterocycles. The van der Waals surface area contributed by atoms with Crippen molar-refractivity contribution >= 4 is 22.4 Å². The minimum absolute atomic E-state index is 0.0582. The number of nitrogens with zero attached hydrogens (tertiary/aromatic N) is 1. The number of aryl methyl sites for hydroxylation is 2. The SMILES string of the molecule is CC(C)=C[C@H]1[C@H](C(=O)Nc2nc(C)c(C)s2)C1(C)C. The van der Waals surface area contributed by atoms with Gasteiger partial charge in [-0.05, 0) is 39.0 Å². The Morgan fingerprint density at radius 2 is 2.00 bits per heavy atom. The highest BCUT2D eigenvalue weighted by atomic mass is 32.1. The van der Waals surface area contributed by atoms with Gasteiger partial charge in [-0.15, -0.1) is 11.3 Å². The molecule has 1 aliphatic rings. The van der Waals surface area contributed by atoms with Gasteiger partial charge in [0, 0.05) is 4.88 Å². The molecular formula is C15H22N2OS. The number of nitrogens with one attached hydrogen (secondary N) is 1. The second kappa shape index (κ2) is 4.75. The highest BCUT2D eigenvalue weighted by Gasteiger charge is 2.60. The van der Waals surface area contributed by atoms with Gasteiger partial charge in [-0.1, -0.05) is 25.5 Å². The Kier molecular flexibility index (Phi) is 3.56. The van der Waals surface area contributed by atoms with Crippen molar-refractivity contribution in [1.82, 2.24) is 4.98 Å². The smallest absolute Gasteiger partial charge is 0.230 e. The first-order valence-electron chi connectivity index (χ1n) is 6.63. The lowest BCUT2D eigenvalue weighted by Gasteiger charge is -2.02. The molecule has 4 heteroatoms. The fourth-order valence-electron chi connectivity index (χ4n) is 2.56. The van der Waals surface area contributed by atoms with Crippen molar-refractivity contribution < 1.29 is 4.79 Å². The number of hydrogen-bond donors (Lipinski definition) is 1. The molecule has 2 rings (SSSR count). The van der Waals surface area contributed by atoms with Gasteiger partial charge in [-0.25, -0.2) is 4.98 Å². The molecule has 104 valence electrons. The molecule has 0 saturated heterocycles. The molecule has 2 atom stereocenters. The molecule has 1 fully saturated rings. The summed E-state index contributed by atoms with van der Waals surface area (Å²) < 4.78 is 0. The molecule has 1 heterocycles. The summed E-state index contributed by atoms with van der Waals surface area (Å²) in [4.78, 5) is 17.9. The Hall–Kier alpha value is -1.16. The van der Waals surface area contributed by atoms with Crippen LogP contribution in [0.1, 0.15) is 38.3 Å². The van der Waals surface area contributed by atoms with Crippen molar-refractivity contribution in [3.63, 3.8) is 0 Å². The quantitative estimate of drug-likeness (QED) is 0.851. The molecule has 1 aromatic rings. The number of rotatable bonds is 3. The minimum Gasteiger partial charge on any atom is -0.302 e. The lowest BCUT2D eigenvalue weighted by atomic mass is 10.1. The predicted molar refractivity (Wildman–Crippen MR) is 80.4 cm³/mol. The van der Waals surface area contributed by atoms with Gasteiger partial charge in [0.15, 0.2) is 5.13 Å². The molecule has 0 unspecified atom stereocenters. The third-order valence-corrected chi connectivity index (χ3v) is 4.95. The molecule has 0 radical (unpaired) electrons. The Morgan fingerprint density at radius 3 is 2.47 bits per heavy atom. The molecule has 3 nitrogen and oxygen atoms in total. The summed E-state index contributed by atoms with van der Waals surface area (Å²) in [6.45, 7) is 12.5. The van der Waals surface area contributed by atoms with Gasteiger partial charge in [-0.3, -0.25) is 4.79 Å². The lowest BCUT2D eigenvalue weighted by Crippen LogP contribution is -2.16. The number of carbonyl (C=O) groups is 1. The van der Waals surface area contributed by atoms with Crippen LogP contribution in [0.15, 0.2) is 11.6 Å². The van der Waals surface area contributed by atoms with Crippen molar-refractivity contribution in [2.45, 2.75) is 41.5 Å². The molecule has 1 aromatic heterocycles. The van der Waals surface area contributed by atoms with E-state index < -0.39 is 0 Å². The van der Waals surface area contributed by atoms with Crippen LogP contribution in [-0.2, 0) is 4.79 Å². The van der Waals surface area contributed by atoms with E-state index in [9.17, 15) is 4.79 Å². The summed E-state index contributed by atoms with van der Waals surface area (Å²) in [5.41, 5.74) is 2.33. The average molecular weight is 278 g/mol. The fraction of sp³-hybridized carbons (Fsp3) is 0.600. The highest BCUT2D eigenvalue weighted by Crippen LogP contribution is 2.59. The molecule has 1 saturated carbocycles. The molecule has 1 amide bonds. The van der Waals surface area contributed by atoms with Crippen LogP contribution in [-0.4, -0.2) is 10.9 Å². The number of amides is 1. The number of hydrogen-bond acceptors (Lipinski definition) is 3. The number of thiazole rings is 1. The van der Waals surface area contributed by atoms with Crippen LogP contribution < -0.4 is 5.32 Å². The van der Waals surface area contributed by atoms with Gasteiger partial charge in [0.2, 0.25) is 5.91 Å². The summed E-state index contributed by atoms with van der Waals surface area (Å²) in [6.07, 6.45) is 2.21. The summed E-state index contributed by atoms with van der Waals surface area (Å²) >= 11 is 1.54. The van der Waals surface area contributed by atoms with E-state index in [4.69, 9.17) is 0 Å². The first-order chi connectivity index (χ1) is 8.73. The second-order valence-electron chi connectivity index (χ2n) is 6.22. The van der Waals surface area contributed by atoms with Crippen molar-refractivity contribution in [3.05, 3.63) is 22.2 Å². The molecule has 0 spiro atoms. The second-order valence-corrected chi connectivity index (χ2v) is 7.42. The van der Waals surface area contributed by atoms with E-state index in [1.807, 2.05) is 13.8 Å². The molecule has 1 N–H and O–H groups in total. The normalized spacial score (nSPS) is 23.9. The zero-order chi connectivity index (χ0) is 14.4. The first-order valence-corrected chi connectivity index (χ1v) is 7.45. The van der Waals surface area contributed by atoms with Gasteiger partial charge < -0.3 is 5.32 Å². The van der Waals surface area contributed by atoms with Crippen LogP contribution in [0, 0.1) is 31.1 Å². The summed E-state index contributed by atoms with van der Waals surface area (Å²) in [6, 6.07) is 0. The Balaban J connectivity index is 2.07. The molecular weight excluding hydrogens is 256 g/mol. The minimum atomic E-state index is 0.0582. The molecule has 19 heavy (non-hydrogen) atoms. The Bertz CT molecular complexity index is 519. The van der Waals surface area contributed by atoms with E-state index >= 15 is 0 Å². The van der Waals surface area contributed by atoms with Gasteiger partial charge in [0.25, 0.3) is 0 Å². The van der Waals surface area contributed by atoms with Crippen molar-refractivity contribution in [1.29, 1.82) is 0 Å². The van der Waals surface area contributed by atoms with Crippen molar-refractivity contribution in [2.75, 3.05) is 5.32 Å². The summed E-state index contributed by atoms with van der Waals surface area (Å²) in [5, 5.41) is 3.68. The zero-order valence-electron chi connectivity index (χ0n) is 12.5. The zero-order valence-corrected chi connectivity index (χ0v) is 13.3. The van der Waals surface area contributed by atoms with Crippen LogP contribution in [0.2, 0.25) is 0 Å². The van der Waals surface area contributed by atoms with Gasteiger partial charge in [0.1, 0.15) is 0 Å². The van der Waals surface area contributed by atoms with Gasteiger partial charge in [0.05, 0.1) is 11.6 Å². The van der Waals surface area contributed by atoms with Crippen molar-refractivity contribution in [2.24, 2.45) is 17.3 Å². The van der Waals surface area contributed by atoms with Crippen LogP contribution in [0.25, 0.3) is 0 Å². The Labute approximate surface area is 119 Å². The lowest BCUT2D eigenvalue weighted by molar-refractivity contribution is -0.118. The Morgan fingerprint density at radius 1 is 1.37 bits per heavy atom. The summed E-state index contributed by atoms with van der Waals surface area (Å²) in [7, 11) is 0. The van der Waals surface area contributed by atoms with E-state index in [0.717, 1.165) is 15.7 Å². The standard InChI is InChI=1S/C15H22N2OS/c1-8(2)7-11-12(15(11,5)6)13(18)17-14-16-9(3)10(4)19-14/h7,11-12H,1-6H3,(H,16,17,18)/t11-,12+/m0/s1. The van der Waals surface area contributed by atoms with Gasteiger partial charge >= 0.3 is 0 Å². The molecule has 1 aliphatic carbocycles. The van der Waals surface area contributed by atoms with Crippen LogP contribution in [0.3, 0.4) is 0 Å². The van der Waals surface area contributed by atoms with Gasteiger partial charge in [-0.2, -0.15) is 0 Å². The van der Waals surface area contributed by atoms with Crippen LogP contribution >= 0.6 is 11.3 Å². The maximum Gasteiger partial charge on any atom is 0.230 e. The van der Waals surface area contributed by atoms with Crippen LogP contribution in [0.4, 0.5) is 5.13 Å². The maximum atomic E-state index is 12.3. The number of allylic oxidation sites excluding steroid dienone is 2. The predicted octanol–water partition coefficient (Wildman–Crippen LogP) is 3.94. The molecule has 0 aromatic carbocycles. The average Bonchev–Trinajstić information content (AvgIpc) is 2.62. The van der Waals surface area contributed by atoms with Crippen LogP contribution in [0.5, 0.6) is 0 Å². The van der Waals surface area contributed by atoms with E-state index in [2.05, 4.69) is 44.1 Å². The summed E-state index contributed by atoms with van der Waals surface area (Å²) in [5.74, 6) is 0.507. The third-order valence-electron chi connectivity index (χ3n) is 3.96. The monoisotopic (exact) mass is 278 g/mol. The highest BCUT2D eigenvalue weighted by molar-refractivity contribution is 7.15. The molecule has 0 bridgehead atoms. The largest absolute Gasteiger partial charge is 0.302 e. The maximum absolute atomic E-state index is 12.3. The topological polar surface area (TPSA) is 42.0 Å².